The number of esters is 1. The van der Waals surface area contributed by atoms with Crippen molar-refractivity contribution in [3.8, 4) is 11.5 Å². The maximum Gasteiger partial charge on any atom is 0.306 e. The summed E-state index contributed by atoms with van der Waals surface area (Å²) in [6, 6.07) is 6.15. The Balaban J connectivity index is 1.84. The highest BCUT2D eigenvalue weighted by Crippen LogP contribution is 2.37. The van der Waals surface area contributed by atoms with Crippen LogP contribution in [0.3, 0.4) is 0 Å². The van der Waals surface area contributed by atoms with Gasteiger partial charge in [-0.3, -0.25) is 4.79 Å². The maximum absolute atomic E-state index is 11.4. The zero-order valence-corrected chi connectivity index (χ0v) is 17.3. The van der Waals surface area contributed by atoms with Crippen LogP contribution in [0.1, 0.15) is 71.8 Å². The molecule has 4 nitrogen and oxygen atoms in total. The minimum absolute atomic E-state index is 0.119. The highest BCUT2D eigenvalue weighted by molar-refractivity contribution is 5.69. The average molecular weight is 375 g/mol. The normalized spacial score (nSPS) is 19.2. The Hall–Kier alpha value is -1.97. The van der Waals surface area contributed by atoms with E-state index in [0.717, 1.165) is 56.6 Å². The molecule has 0 radical (unpaired) electrons. The zero-order chi connectivity index (χ0) is 19.7. The third-order valence-electron chi connectivity index (χ3n) is 4.98. The molecule has 1 aliphatic heterocycles. The molecule has 2 rings (SSSR count). The van der Waals surface area contributed by atoms with Gasteiger partial charge in [-0.2, -0.15) is 0 Å². The van der Waals surface area contributed by atoms with Crippen molar-refractivity contribution in [1.82, 2.24) is 0 Å². The number of rotatable bonds is 10. The van der Waals surface area contributed by atoms with Crippen molar-refractivity contribution < 1.29 is 19.0 Å². The van der Waals surface area contributed by atoms with Crippen LogP contribution in [0.4, 0.5) is 0 Å². The summed E-state index contributed by atoms with van der Waals surface area (Å²) >= 11 is 0. The van der Waals surface area contributed by atoms with Crippen molar-refractivity contribution in [3.05, 3.63) is 35.4 Å². The topological polar surface area (TPSA) is 44.8 Å². The molecule has 1 unspecified atom stereocenters. The van der Waals surface area contributed by atoms with Crippen LogP contribution in [-0.4, -0.2) is 24.8 Å². The van der Waals surface area contributed by atoms with Gasteiger partial charge in [0, 0.05) is 6.42 Å². The van der Waals surface area contributed by atoms with Crippen LogP contribution < -0.4 is 9.47 Å². The van der Waals surface area contributed by atoms with Gasteiger partial charge in [0.25, 0.3) is 0 Å². The van der Waals surface area contributed by atoms with E-state index in [1.807, 2.05) is 19.1 Å². The number of aryl methyl sites for hydroxylation is 1. The van der Waals surface area contributed by atoms with Crippen molar-refractivity contribution in [1.29, 1.82) is 0 Å². The van der Waals surface area contributed by atoms with Gasteiger partial charge in [0.2, 0.25) is 0 Å². The summed E-state index contributed by atoms with van der Waals surface area (Å²) in [6.45, 7) is 9.42. The first-order chi connectivity index (χ1) is 13.0. The smallest absolute Gasteiger partial charge is 0.306 e. The highest BCUT2D eigenvalue weighted by Gasteiger charge is 2.31. The van der Waals surface area contributed by atoms with E-state index in [0.29, 0.717) is 13.0 Å². The molecule has 1 aliphatic rings. The summed E-state index contributed by atoms with van der Waals surface area (Å²) in [5.41, 5.74) is 2.33. The lowest BCUT2D eigenvalue weighted by molar-refractivity contribution is -0.143. The summed E-state index contributed by atoms with van der Waals surface area (Å²) in [6.07, 6.45) is 8.41. The molecule has 4 heteroatoms. The largest absolute Gasteiger partial charge is 0.494 e. The number of fused-ring (bicyclic) bond motifs is 1. The Kier molecular flexibility index (Phi) is 8.21. The molecule has 0 N–H and O–H groups in total. The van der Waals surface area contributed by atoms with Crippen molar-refractivity contribution in [2.75, 3.05) is 13.2 Å². The molecule has 1 atom stereocenters. The van der Waals surface area contributed by atoms with E-state index in [1.165, 1.54) is 11.1 Å². The number of benzene rings is 1. The minimum atomic E-state index is -0.142. The lowest BCUT2D eigenvalue weighted by atomic mass is 9.88. The third-order valence-corrected chi connectivity index (χ3v) is 4.98. The number of hydrogen-bond acceptors (Lipinski definition) is 4. The molecule has 0 fully saturated rings. The van der Waals surface area contributed by atoms with Crippen molar-refractivity contribution in [3.63, 3.8) is 0 Å². The number of carbonyl (C=O) groups excluding carboxylic acids is 1. The predicted molar refractivity (Wildman–Crippen MR) is 108 cm³/mol. The second-order valence-corrected chi connectivity index (χ2v) is 7.56. The Morgan fingerprint density at radius 3 is 2.85 bits per heavy atom. The van der Waals surface area contributed by atoms with E-state index in [4.69, 9.17) is 14.2 Å². The average Bonchev–Trinajstić information content (AvgIpc) is 2.65. The van der Waals surface area contributed by atoms with Crippen molar-refractivity contribution in [2.24, 2.45) is 0 Å². The summed E-state index contributed by atoms with van der Waals surface area (Å²) in [5, 5.41) is 0. The van der Waals surface area contributed by atoms with Gasteiger partial charge < -0.3 is 14.2 Å². The molecular weight excluding hydrogens is 340 g/mol. The number of hydrogen-bond donors (Lipinski definition) is 0. The molecule has 0 saturated heterocycles. The van der Waals surface area contributed by atoms with Gasteiger partial charge in [0.15, 0.2) is 0 Å². The molecule has 0 saturated carbocycles. The van der Waals surface area contributed by atoms with Gasteiger partial charge in [-0.15, -0.1) is 0 Å². The Morgan fingerprint density at radius 2 is 2.11 bits per heavy atom. The van der Waals surface area contributed by atoms with Crippen LogP contribution in [-0.2, 0) is 16.0 Å². The van der Waals surface area contributed by atoms with Gasteiger partial charge in [-0.05, 0) is 83.1 Å². The molecular formula is C23H34O4. The van der Waals surface area contributed by atoms with Crippen LogP contribution in [0.25, 0.3) is 0 Å². The minimum Gasteiger partial charge on any atom is -0.494 e. The van der Waals surface area contributed by atoms with Crippen molar-refractivity contribution in [2.45, 2.75) is 78.2 Å². The van der Waals surface area contributed by atoms with Crippen LogP contribution in [0.2, 0.25) is 0 Å². The first-order valence-corrected chi connectivity index (χ1v) is 10.2. The van der Waals surface area contributed by atoms with Gasteiger partial charge in [-0.1, -0.05) is 18.6 Å². The predicted octanol–water partition coefficient (Wildman–Crippen LogP) is 5.63. The number of carbonyl (C=O) groups is 1. The van der Waals surface area contributed by atoms with E-state index in [9.17, 15) is 4.79 Å². The van der Waals surface area contributed by atoms with Crippen LogP contribution in [0.15, 0.2) is 29.8 Å². The van der Waals surface area contributed by atoms with Crippen LogP contribution in [0, 0.1) is 0 Å². The van der Waals surface area contributed by atoms with E-state index in [1.54, 1.807) is 0 Å². The summed E-state index contributed by atoms with van der Waals surface area (Å²) < 4.78 is 17.0. The molecule has 0 amide bonds. The molecule has 1 aromatic carbocycles. The fourth-order valence-electron chi connectivity index (χ4n) is 3.31. The van der Waals surface area contributed by atoms with Gasteiger partial charge in [0.05, 0.1) is 13.2 Å². The van der Waals surface area contributed by atoms with Gasteiger partial charge >= 0.3 is 5.97 Å². The molecule has 1 heterocycles. The maximum atomic E-state index is 11.4. The first kappa shape index (κ1) is 21.3. The van der Waals surface area contributed by atoms with E-state index in [-0.39, 0.29) is 11.6 Å². The fraction of sp³-hybridized carbons (Fsp3) is 0.609. The monoisotopic (exact) mass is 374 g/mol. The molecule has 27 heavy (non-hydrogen) atoms. The molecule has 0 bridgehead atoms. The number of ether oxygens (including phenoxy) is 3. The molecule has 1 aromatic rings. The molecule has 150 valence electrons. The second kappa shape index (κ2) is 10.4. The fourth-order valence-corrected chi connectivity index (χ4v) is 3.31. The number of allylic oxidation sites excluding steroid dienone is 2. The Bertz CT molecular complexity index is 650. The van der Waals surface area contributed by atoms with E-state index in [2.05, 4.69) is 32.9 Å². The van der Waals surface area contributed by atoms with Crippen LogP contribution in [0.5, 0.6) is 11.5 Å². The van der Waals surface area contributed by atoms with Crippen molar-refractivity contribution >= 4 is 5.97 Å². The second-order valence-electron chi connectivity index (χ2n) is 7.56. The van der Waals surface area contributed by atoms with Gasteiger partial charge in [-0.25, -0.2) is 0 Å². The SMILES string of the molecule is CCCOc1ccc2c(c1)CCC(C)(CC/C=C(\C)CCC(=O)OCC)O2. The van der Waals surface area contributed by atoms with E-state index >= 15 is 0 Å². The summed E-state index contributed by atoms with van der Waals surface area (Å²) in [4.78, 5) is 11.4. The quantitative estimate of drug-likeness (QED) is 0.393. The third kappa shape index (κ3) is 6.93. The summed E-state index contributed by atoms with van der Waals surface area (Å²) in [5.74, 6) is 1.80. The standard InChI is InChI=1S/C23H34O4/c1-5-16-26-20-10-11-21-19(17-20)13-15-23(4,27-21)14-7-8-18(3)9-12-22(24)25-6-2/h8,10-11,17H,5-7,9,12-16H2,1-4H3/b18-8+. The highest BCUT2D eigenvalue weighted by atomic mass is 16.5. The Morgan fingerprint density at radius 1 is 1.30 bits per heavy atom. The lowest BCUT2D eigenvalue weighted by Crippen LogP contribution is -2.36. The lowest BCUT2D eigenvalue weighted by Gasteiger charge is -2.36. The first-order valence-electron chi connectivity index (χ1n) is 10.2. The zero-order valence-electron chi connectivity index (χ0n) is 17.3. The molecule has 0 aromatic heterocycles. The summed E-state index contributed by atoms with van der Waals surface area (Å²) in [7, 11) is 0. The van der Waals surface area contributed by atoms with Gasteiger partial charge in [0.1, 0.15) is 17.1 Å². The van der Waals surface area contributed by atoms with E-state index < -0.39 is 0 Å². The van der Waals surface area contributed by atoms with Crippen LogP contribution >= 0.6 is 0 Å². The molecule has 0 aliphatic carbocycles. The Labute approximate surface area is 163 Å². The molecule has 0 spiro atoms.